The molecule has 1 aliphatic carbocycles. The number of ether oxygens (including phenoxy) is 3. The highest BCUT2D eigenvalue weighted by molar-refractivity contribution is 5.82. The Morgan fingerprint density at radius 1 is 1.33 bits per heavy atom. The molecule has 0 aromatic heterocycles. The fourth-order valence-electron chi connectivity index (χ4n) is 3.13. The van der Waals surface area contributed by atoms with Crippen LogP contribution in [-0.4, -0.2) is 50.6 Å². The third-order valence-corrected chi connectivity index (χ3v) is 4.28. The predicted octanol–water partition coefficient (Wildman–Crippen LogP) is 1.89. The van der Waals surface area contributed by atoms with Gasteiger partial charge >= 0.3 is 5.97 Å². The van der Waals surface area contributed by atoms with Crippen LogP contribution in [0.15, 0.2) is 0 Å². The van der Waals surface area contributed by atoms with Crippen molar-refractivity contribution in [1.29, 1.82) is 0 Å². The van der Waals surface area contributed by atoms with E-state index in [0.29, 0.717) is 19.1 Å². The molecule has 2 atom stereocenters. The molecule has 2 aliphatic rings. The molecule has 5 heteroatoms. The number of hydrogen-bond acceptors (Lipinski definition) is 5. The van der Waals surface area contributed by atoms with Crippen LogP contribution in [-0.2, 0) is 19.0 Å². The second kappa shape index (κ2) is 7.56. The van der Waals surface area contributed by atoms with Gasteiger partial charge in [0.15, 0.2) is 0 Å². The average molecular weight is 299 g/mol. The number of methoxy groups -OCH3 is 1. The zero-order valence-electron chi connectivity index (χ0n) is 13.5. The van der Waals surface area contributed by atoms with Gasteiger partial charge < -0.3 is 14.2 Å². The first-order valence-electron chi connectivity index (χ1n) is 8.14. The molecular formula is C16H29NO4. The van der Waals surface area contributed by atoms with Crippen molar-refractivity contribution in [2.45, 2.75) is 63.6 Å². The minimum Gasteiger partial charge on any atom is -0.468 e. The van der Waals surface area contributed by atoms with Crippen LogP contribution in [0.3, 0.4) is 0 Å². The molecule has 0 amide bonds. The number of nitrogens with one attached hydrogen (secondary N) is 1. The number of hydrogen-bond donors (Lipinski definition) is 1. The molecule has 2 fully saturated rings. The molecule has 0 spiro atoms. The Bertz CT molecular complexity index is 337. The van der Waals surface area contributed by atoms with E-state index < -0.39 is 5.54 Å². The lowest BCUT2D eigenvalue weighted by molar-refractivity contribution is -0.154. The molecule has 2 unspecified atom stereocenters. The Hall–Kier alpha value is -0.650. The molecule has 2 rings (SSSR count). The lowest BCUT2D eigenvalue weighted by Crippen LogP contribution is -2.60. The van der Waals surface area contributed by atoms with Crippen LogP contribution < -0.4 is 5.32 Å². The van der Waals surface area contributed by atoms with Crippen molar-refractivity contribution in [2.24, 2.45) is 5.92 Å². The van der Waals surface area contributed by atoms with Gasteiger partial charge in [-0.2, -0.15) is 0 Å². The third kappa shape index (κ3) is 4.41. The van der Waals surface area contributed by atoms with Crippen molar-refractivity contribution in [3.05, 3.63) is 0 Å². The summed E-state index contributed by atoms with van der Waals surface area (Å²) in [6.45, 7) is 5.84. The van der Waals surface area contributed by atoms with Gasteiger partial charge in [-0.05, 0) is 51.9 Å². The Labute approximate surface area is 127 Å². The smallest absolute Gasteiger partial charge is 0.328 e. The van der Waals surface area contributed by atoms with Crippen LogP contribution in [0.4, 0.5) is 0 Å². The lowest BCUT2D eigenvalue weighted by Gasteiger charge is -2.34. The highest BCUT2D eigenvalue weighted by Gasteiger charge is 2.52. The first-order valence-corrected chi connectivity index (χ1v) is 8.14. The van der Waals surface area contributed by atoms with E-state index in [0.717, 1.165) is 32.3 Å². The number of carbonyl (C=O) groups excluding carboxylic acids is 1. The molecule has 0 aromatic carbocycles. The lowest BCUT2D eigenvalue weighted by atomic mass is 9.93. The van der Waals surface area contributed by atoms with Crippen LogP contribution in [0, 0.1) is 5.92 Å². The maximum atomic E-state index is 12.3. The first-order chi connectivity index (χ1) is 10.1. The molecule has 122 valence electrons. The quantitative estimate of drug-likeness (QED) is 0.694. The summed E-state index contributed by atoms with van der Waals surface area (Å²) in [5.74, 6) is 0.114. The van der Waals surface area contributed by atoms with E-state index in [1.165, 1.54) is 13.5 Å². The minimum atomic E-state index is -0.697. The minimum absolute atomic E-state index is 0.173. The van der Waals surface area contributed by atoms with E-state index in [1.54, 1.807) is 0 Å². The van der Waals surface area contributed by atoms with Crippen molar-refractivity contribution >= 4 is 5.97 Å². The summed E-state index contributed by atoms with van der Waals surface area (Å²) in [6.07, 6.45) is 5.66. The van der Waals surface area contributed by atoms with Crippen molar-refractivity contribution in [3.63, 3.8) is 0 Å². The standard InChI is InChI=1S/C16H29NO4/c1-12(2)17-16(13-7-8-13,15(18)19-3)11-20-10-14-6-4-5-9-21-14/h12-14,17H,4-11H2,1-3H3. The van der Waals surface area contributed by atoms with E-state index in [9.17, 15) is 4.79 Å². The van der Waals surface area contributed by atoms with Gasteiger partial charge in [-0.3, -0.25) is 5.32 Å². The molecule has 0 bridgehead atoms. The summed E-state index contributed by atoms with van der Waals surface area (Å²) < 4.78 is 16.6. The number of esters is 1. The molecular weight excluding hydrogens is 270 g/mol. The maximum Gasteiger partial charge on any atom is 0.328 e. The van der Waals surface area contributed by atoms with Crippen LogP contribution in [0.5, 0.6) is 0 Å². The Kier molecular flexibility index (Phi) is 6.02. The van der Waals surface area contributed by atoms with Crippen LogP contribution in [0.25, 0.3) is 0 Å². The second-order valence-corrected chi connectivity index (χ2v) is 6.54. The van der Waals surface area contributed by atoms with E-state index in [4.69, 9.17) is 14.2 Å². The Balaban J connectivity index is 1.92. The summed E-state index contributed by atoms with van der Waals surface area (Å²) in [4.78, 5) is 12.3. The van der Waals surface area contributed by atoms with Crippen molar-refractivity contribution in [3.8, 4) is 0 Å². The molecule has 1 saturated carbocycles. The second-order valence-electron chi connectivity index (χ2n) is 6.54. The third-order valence-electron chi connectivity index (χ3n) is 4.28. The molecule has 1 saturated heterocycles. The fourth-order valence-corrected chi connectivity index (χ4v) is 3.13. The van der Waals surface area contributed by atoms with Gasteiger partial charge in [0.25, 0.3) is 0 Å². The average Bonchev–Trinajstić information content (AvgIpc) is 3.31. The first kappa shape index (κ1) is 16.7. The highest BCUT2D eigenvalue weighted by Crippen LogP contribution is 2.41. The largest absolute Gasteiger partial charge is 0.468 e. The molecule has 5 nitrogen and oxygen atoms in total. The summed E-state index contributed by atoms with van der Waals surface area (Å²) >= 11 is 0. The zero-order valence-corrected chi connectivity index (χ0v) is 13.5. The SMILES string of the molecule is COC(=O)C(COCC1CCCCO1)(NC(C)C)C1CC1. The number of rotatable bonds is 8. The highest BCUT2D eigenvalue weighted by atomic mass is 16.5. The van der Waals surface area contributed by atoms with Gasteiger partial charge in [-0.25, -0.2) is 4.79 Å². The van der Waals surface area contributed by atoms with Crippen molar-refractivity contribution in [1.82, 2.24) is 5.32 Å². The molecule has 0 radical (unpaired) electrons. The van der Waals surface area contributed by atoms with Crippen LogP contribution in [0.1, 0.15) is 46.0 Å². The van der Waals surface area contributed by atoms with Gasteiger partial charge in [0, 0.05) is 12.6 Å². The summed E-state index contributed by atoms with van der Waals surface area (Å²) in [7, 11) is 1.45. The van der Waals surface area contributed by atoms with E-state index in [-0.39, 0.29) is 18.1 Å². The van der Waals surface area contributed by atoms with Gasteiger partial charge in [-0.15, -0.1) is 0 Å². The maximum absolute atomic E-state index is 12.3. The molecule has 0 aromatic rings. The van der Waals surface area contributed by atoms with Gasteiger partial charge in [-0.1, -0.05) is 0 Å². The van der Waals surface area contributed by atoms with E-state index in [1.807, 2.05) is 13.8 Å². The van der Waals surface area contributed by atoms with Crippen molar-refractivity contribution < 1.29 is 19.0 Å². The summed E-state index contributed by atoms with van der Waals surface area (Å²) in [6, 6.07) is 0.208. The van der Waals surface area contributed by atoms with Gasteiger partial charge in [0.2, 0.25) is 0 Å². The zero-order chi connectivity index (χ0) is 15.3. The van der Waals surface area contributed by atoms with E-state index in [2.05, 4.69) is 5.32 Å². The summed E-state index contributed by atoms with van der Waals surface area (Å²) in [5, 5.41) is 3.40. The molecule has 1 N–H and O–H groups in total. The fraction of sp³-hybridized carbons (Fsp3) is 0.938. The Morgan fingerprint density at radius 3 is 2.62 bits per heavy atom. The Morgan fingerprint density at radius 2 is 2.10 bits per heavy atom. The molecule has 21 heavy (non-hydrogen) atoms. The van der Waals surface area contributed by atoms with Gasteiger partial charge in [0.1, 0.15) is 5.54 Å². The monoisotopic (exact) mass is 299 g/mol. The molecule has 1 aliphatic heterocycles. The normalized spacial score (nSPS) is 25.6. The topological polar surface area (TPSA) is 56.8 Å². The van der Waals surface area contributed by atoms with E-state index >= 15 is 0 Å². The van der Waals surface area contributed by atoms with Gasteiger partial charge in [0.05, 0.1) is 26.4 Å². The van der Waals surface area contributed by atoms with Crippen LogP contribution >= 0.6 is 0 Å². The predicted molar refractivity (Wildman–Crippen MR) is 80.2 cm³/mol. The van der Waals surface area contributed by atoms with Crippen molar-refractivity contribution in [2.75, 3.05) is 26.9 Å². The van der Waals surface area contributed by atoms with Crippen LogP contribution in [0.2, 0.25) is 0 Å². The summed E-state index contributed by atoms with van der Waals surface area (Å²) in [5.41, 5.74) is -0.697. The number of carbonyl (C=O) groups is 1. The molecule has 1 heterocycles.